The lowest BCUT2D eigenvalue weighted by Crippen LogP contribution is -1.95. The topological polar surface area (TPSA) is 72.6 Å². The Bertz CT molecular complexity index is 661. The molecule has 0 unspecified atom stereocenters. The van der Waals surface area contributed by atoms with E-state index in [9.17, 15) is 15.2 Å². The molecule has 104 valence electrons. The fourth-order valence-corrected chi connectivity index (χ4v) is 2.51. The monoisotopic (exact) mass is 401 g/mol. The first kappa shape index (κ1) is 15.0. The second kappa shape index (κ2) is 6.34. The highest BCUT2D eigenvalue weighted by atomic mass is 79.9. The van der Waals surface area contributed by atoms with Crippen LogP contribution in [0.25, 0.3) is 0 Å². The van der Waals surface area contributed by atoms with Crippen molar-refractivity contribution in [3.63, 3.8) is 0 Å². The summed E-state index contributed by atoms with van der Waals surface area (Å²) in [5.74, 6) is 0.758. The van der Waals surface area contributed by atoms with Gasteiger partial charge >= 0.3 is 0 Å². The molecule has 0 aliphatic heterocycles. The molecule has 0 fully saturated rings. The summed E-state index contributed by atoms with van der Waals surface area (Å²) in [5, 5.41) is 20.2. The van der Waals surface area contributed by atoms with Gasteiger partial charge in [-0.05, 0) is 40.2 Å². The maximum absolute atomic E-state index is 10.9. The van der Waals surface area contributed by atoms with Crippen LogP contribution >= 0.6 is 31.9 Å². The van der Waals surface area contributed by atoms with Gasteiger partial charge < -0.3 is 9.84 Å². The number of ether oxygens (including phenoxy) is 1. The first-order chi connectivity index (χ1) is 9.52. The molecule has 5 nitrogen and oxygen atoms in total. The van der Waals surface area contributed by atoms with Gasteiger partial charge in [0.1, 0.15) is 16.0 Å². The number of hydrogen-bond donors (Lipinski definition) is 1. The van der Waals surface area contributed by atoms with E-state index in [0.717, 1.165) is 4.47 Å². The summed E-state index contributed by atoms with van der Waals surface area (Å²) >= 11 is 6.46. The quantitative estimate of drug-likeness (QED) is 0.607. The Kier molecular flexibility index (Phi) is 4.74. The number of benzene rings is 2. The van der Waals surface area contributed by atoms with Gasteiger partial charge in [-0.3, -0.25) is 10.1 Å². The number of aliphatic hydroxyl groups is 1. The van der Waals surface area contributed by atoms with E-state index in [-0.39, 0.29) is 16.8 Å². The molecule has 2 aromatic carbocycles. The Balaban J connectivity index is 2.40. The first-order valence-corrected chi connectivity index (χ1v) is 7.11. The molecule has 0 spiro atoms. The summed E-state index contributed by atoms with van der Waals surface area (Å²) in [5.41, 5.74) is 0.503. The van der Waals surface area contributed by atoms with Crippen molar-refractivity contribution in [1.29, 1.82) is 0 Å². The number of rotatable bonds is 4. The molecule has 1 N–H and O–H groups in total. The van der Waals surface area contributed by atoms with E-state index in [0.29, 0.717) is 17.1 Å². The van der Waals surface area contributed by atoms with E-state index in [1.54, 1.807) is 24.3 Å². The van der Waals surface area contributed by atoms with Crippen molar-refractivity contribution >= 4 is 37.5 Å². The van der Waals surface area contributed by atoms with Crippen LogP contribution in [0.15, 0.2) is 45.3 Å². The molecule has 0 radical (unpaired) electrons. The summed E-state index contributed by atoms with van der Waals surface area (Å²) < 4.78 is 6.72. The minimum Gasteiger partial charge on any atom is -0.456 e. The lowest BCUT2D eigenvalue weighted by Gasteiger charge is -2.11. The maximum Gasteiger partial charge on any atom is 0.287 e. The molecular weight excluding hydrogens is 394 g/mol. The van der Waals surface area contributed by atoms with Crippen molar-refractivity contribution in [3.8, 4) is 11.5 Å². The molecular formula is C13H9Br2NO4. The molecule has 0 saturated carbocycles. The predicted octanol–water partition coefficient (Wildman–Crippen LogP) is 4.40. The molecule has 0 saturated heterocycles. The summed E-state index contributed by atoms with van der Waals surface area (Å²) in [6.07, 6.45) is 0. The lowest BCUT2D eigenvalue weighted by atomic mass is 10.2. The van der Waals surface area contributed by atoms with E-state index in [4.69, 9.17) is 4.74 Å². The molecule has 0 bridgehead atoms. The summed E-state index contributed by atoms with van der Waals surface area (Å²) in [6.45, 7) is -0.193. The number of nitro benzene ring substituents is 1. The van der Waals surface area contributed by atoms with E-state index in [2.05, 4.69) is 31.9 Å². The Morgan fingerprint density at radius 2 is 1.95 bits per heavy atom. The van der Waals surface area contributed by atoms with E-state index in [1.807, 2.05) is 0 Å². The van der Waals surface area contributed by atoms with Gasteiger partial charge in [0.15, 0.2) is 0 Å². The minimum atomic E-state index is -0.495. The van der Waals surface area contributed by atoms with Crippen LogP contribution in [0.2, 0.25) is 0 Å². The van der Waals surface area contributed by atoms with Gasteiger partial charge in [0, 0.05) is 16.1 Å². The average molecular weight is 403 g/mol. The van der Waals surface area contributed by atoms with Gasteiger partial charge in [-0.2, -0.15) is 0 Å². The molecule has 0 amide bonds. The van der Waals surface area contributed by atoms with Gasteiger partial charge in [-0.1, -0.05) is 22.0 Å². The zero-order valence-corrected chi connectivity index (χ0v) is 13.2. The lowest BCUT2D eigenvalue weighted by molar-refractivity contribution is -0.385. The van der Waals surface area contributed by atoms with Crippen molar-refractivity contribution in [3.05, 3.63) is 61.0 Å². The standard InChI is InChI=1S/C13H9Br2NO4/c14-9-4-5-11(8(6-9)7-17)20-12-3-1-2-10(13(12)15)16(18)19/h1-6,17H,7H2. The van der Waals surface area contributed by atoms with Crippen LogP contribution in [0.5, 0.6) is 11.5 Å². The van der Waals surface area contributed by atoms with Crippen LogP contribution in [-0.2, 0) is 6.61 Å². The molecule has 2 aromatic rings. The zero-order chi connectivity index (χ0) is 14.7. The van der Waals surface area contributed by atoms with Gasteiger partial charge in [-0.25, -0.2) is 0 Å². The number of aliphatic hydroxyl groups excluding tert-OH is 1. The molecule has 20 heavy (non-hydrogen) atoms. The van der Waals surface area contributed by atoms with Crippen LogP contribution in [0.3, 0.4) is 0 Å². The molecule has 2 rings (SSSR count). The highest BCUT2D eigenvalue weighted by Crippen LogP contribution is 2.37. The summed E-state index contributed by atoms with van der Waals surface area (Å²) in [4.78, 5) is 10.4. The number of halogens is 2. The van der Waals surface area contributed by atoms with E-state index >= 15 is 0 Å². The van der Waals surface area contributed by atoms with Crippen molar-refractivity contribution in [2.45, 2.75) is 6.61 Å². The van der Waals surface area contributed by atoms with Crippen LogP contribution < -0.4 is 4.74 Å². The largest absolute Gasteiger partial charge is 0.456 e. The van der Waals surface area contributed by atoms with Gasteiger partial charge in [0.25, 0.3) is 5.69 Å². The Morgan fingerprint density at radius 3 is 2.60 bits per heavy atom. The summed E-state index contributed by atoms with van der Waals surface area (Å²) in [7, 11) is 0. The SMILES string of the molecule is O=[N+]([O-])c1cccc(Oc2ccc(Br)cc2CO)c1Br. The second-order valence-electron chi connectivity index (χ2n) is 3.86. The van der Waals surface area contributed by atoms with E-state index < -0.39 is 4.92 Å². The number of nitrogens with zero attached hydrogens (tertiary/aromatic N) is 1. The van der Waals surface area contributed by atoms with Crippen LogP contribution in [0.4, 0.5) is 5.69 Å². The fraction of sp³-hybridized carbons (Fsp3) is 0.0769. The van der Waals surface area contributed by atoms with Crippen molar-refractivity contribution in [2.24, 2.45) is 0 Å². The number of nitro groups is 1. The highest BCUT2D eigenvalue weighted by molar-refractivity contribution is 9.11. The zero-order valence-electron chi connectivity index (χ0n) is 10.0. The third-order valence-electron chi connectivity index (χ3n) is 2.55. The third-order valence-corrected chi connectivity index (χ3v) is 3.84. The second-order valence-corrected chi connectivity index (χ2v) is 5.57. The molecule has 0 heterocycles. The maximum atomic E-state index is 10.9. The van der Waals surface area contributed by atoms with Crippen molar-refractivity contribution in [1.82, 2.24) is 0 Å². The van der Waals surface area contributed by atoms with Crippen LogP contribution in [0, 0.1) is 10.1 Å². The molecule has 7 heteroatoms. The molecule has 0 aliphatic rings. The van der Waals surface area contributed by atoms with Gasteiger partial charge in [0.2, 0.25) is 0 Å². The Morgan fingerprint density at radius 1 is 1.20 bits per heavy atom. The van der Waals surface area contributed by atoms with E-state index in [1.165, 1.54) is 12.1 Å². The molecule has 0 aliphatic carbocycles. The third kappa shape index (κ3) is 3.17. The predicted molar refractivity (Wildman–Crippen MR) is 80.9 cm³/mol. The smallest absolute Gasteiger partial charge is 0.287 e. The highest BCUT2D eigenvalue weighted by Gasteiger charge is 2.17. The Hall–Kier alpha value is -1.44. The van der Waals surface area contributed by atoms with Crippen LogP contribution in [0.1, 0.15) is 5.56 Å². The Labute approximate surface area is 131 Å². The normalized spacial score (nSPS) is 10.3. The summed E-state index contributed by atoms with van der Waals surface area (Å²) in [6, 6.07) is 9.70. The van der Waals surface area contributed by atoms with Crippen molar-refractivity contribution < 1.29 is 14.8 Å². The first-order valence-electron chi connectivity index (χ1n) is 5.53. The van der Waals surface area contributed by atoms with Gasteiger partial charge in [-0.15, -0.1) is 0 Å². The van der Waals surface area contributed by atoms with Crippen molar-refractivity contribution in [2.75, 3.05) is 0 Å². The van der Waals surface area contributed by atoms with Crippen LogP contribution in [-0.4, -0.2) is 10.0 Å². The number of hydrogen-bond acceptors (Lipinski definition) is 4. The minimum absolute atomic E-state index is 0.0786. The van der Waals surface area contributed by atoms with Gasteiger partial charge in [0.05, 0.1) is 11.5 Å². The average Bonchev–Trinajstić information content (AvgIpc) is 2.42. The molecule has 0 atom stereocenters. The molecule has 0 aromatic heterocycles. The fourth-order valence-electron chi connectivity index (χ4n) is 1.61.